The van der Waals surface area contributed by atoms with Crippen molar-refractivity contribution in [2.24, 2.45) is 0 Å². The van der Waals surface area contributed by atoms with Crippen molar-refractivity contribution in [1.29, 1.82) is 0 Å². The minimum atomic E-state index is 0.0270. The third-order valence-corrected chi connectivity index (χ3v) is 5.94. The number of ether oxygens (including phenoxy) is 1. The summed E-state index contributed by atoms with van der Waals surface area (Å²) in [6, 6.07) is 20.4. The number of amides is 1. The third kappa shape index (κ3) is 5.96. The van der Waals surface area contributed by atoms with Gasteiger partial charge in [0.2, 0.25) is 11.9 Å². The lowest BCUT2D eigenvalue weighted by Gasteiger charge is -2.34. The van der Waals surface area contributed by atoms with E-state index in [4.69, 9.17) is 9.72 Å². The van der Waals surface area contributed by atoms with Crippen LogP contribution in [0.3, 0.4) is 0 Å². The molecule has 1 amide bonds. The number of anilines is 1. The molecule has 6 heteroatoms. The summed E-state index contributed by atoms with van der Waals surface area (Å²) in [5.41, 5.74) is 4.48. The topological polar surface area (TPSA) is 58.6 Å². The van der Waals surface area contributed by atoms with Crippen LogP contribution >= 0.6 is 0 Å². The number of aromatic nitrogens is 2. The van der Waals surface area contributed by atoms with Crippen molar-refractivity contribution >= 4 is 11.9 Å². The van der Waals surface area contributed by atoms with E-state index in [0.29, 0.717) is 38.7 Å². The van der Waals surface area contributed by atoms with Crippen molar-refractivity contribution in [3.63, 3.8) is 0 Å². The fourth-order valence-electron chi connectivity index (χ4n) is 3.88. The second-order valence-corrected chi connectivity index (χ2v) is 9.42. The molecule has 1 saturated heterocycles. The summed E-state index contributed by atoms with van der Waals surface area (Å²) in [7, 11) is 0. The molecule has 0 radical (unpaired) electrons. The van der Waals surface area contributed by atoms with Gasteiger partial charge in [-0.1, -0.05) is 75.4 Å². The zero-order valence-electron chi connectivity index (χ0n) is 19.7. The summed E-state index contributed by atoms with van der Waals surface area (Å²) in [5.74, 6) is 0.735. The molecule has 172 valence electrons. The van der Waals surface area contributed by atoms with E-state index in [2.05, 4.69) is 54.9 Å². The molecule has 0 spiro atoms. The first kappa shape index (κ1) is 22.9. The van der Waals surface area contributed by atoms with Crippen molar-refractivity contribution in [3.8, 4) is 11.3 Å². The van der Waals surface area contributed by atoms with E-state index in [1.54, 1.807) is 0 Å². The molecule has 33 heavy (non-hydrogen) atoms. The average Bonchev–Trinajstić information content (AvgIpc) is 2.84. The Hall–Kier alpha value is -3.25. The van der Waals surface area contributed by atoms with E-state index in [1.807, 2.05) is 47.5 Å². The molecule has 1 fully saturated rings. The van der Waals surface area contributed by atoms with Gasteiger partial charge < -0.3 is 14.5 Å². The number of hydrogen-bond donors (Lipinski definition) is 0. The maximum Gasteiger partial charge on any atom is 0.248 e. The lowest BCUT2D eigenvalue weighted by Crippen LogP contribution is -2.50. The largest absolute Gasteiger partial charge is 0.367 e. The van der Waals surface area contributed by atoms with Gasteiger partial charge >= 0.3 is 0 Å². The summed E-state index contributed by atoms with van der Waals surface area (Å²) < 4.78 is 5.61. The Morgan fingerprint density at radius 1 is 0.939 bits per heavy atom. The van der Waals surface area contributed by atoms with Gasteiger partial charge in [0.15, 0.2) is 0 Å². The first-order chi connectivity index (χ1) is 15.9. The molecule has 0 N–H and O–H groups in total. The van der Waals surface area contributed by atoms with Crippen molar-refractivity contribution in [3.05, 3.63) is 78.0 Å². The maximum absolute atomic E-state index is 12.5. The molecule has 0 aliphatic carbocycles. The van der Waals surface area contributed by atoms with Crippen LogP contribution in [0.4, 0.5) is 5.95 Å². The van der Waals surface area contributed by atoms with E-state index >= 15 is 0 Å². The Morgan fingerprint density at radius 3 is 2.30 bits per heavy atom. The highest BCUT2D eigenvalue weighted by atomic mass is 16.5. The van der Waals surface area contributed by atoms with E-state index in [0.717, 1.165) is 16.8 Å². The molecular weight excluding hydrogens is 412 g/mol. The molecule has 0 saturated carbocycles. The highest BCUT2D eigenvalue weighted by Crippen LogP contribution is 2.26. The van der Waals surface area contributed by atoms with Crippen molar-refractivity contribution in [2.75, 3.05) is 37.7 Å². The minimum absolute atomic E-state index is 0.0270. The lowest BCUT2D eigenvalue weighted by molar-refractivity contribution is -0.136. The fraction of sp³-hybridized carbons (Fsp3) is 0.370. The van der Waals surface area contributed by atoms with Crippen molar-refractivity contribution < 1.29 is 9.53 Å². The highest BCUT2D eigenvalue weighted by Gasteiger charge is 2.23. The molecular formula is C27H32N4O2. The number of nitrogens with zero attached hydrogens (tertiary/aromatic N) is 4. The Labute approximate surface area is 196 Å². The maximum atomic E-state index is 12.5. The van der Waals surface area contributed by atoms with Gasteiger partial charge in [0.05, 0.1) is 12.3 Å². The van der Waals surface area contributed by atoms with Gasteiger partial charge in [-0.15, -0.1) is 0 Å². The minimum Gasteiger partial charge on any atom is -0.367 e. The Bertz CT molecular complexity index is 1050. The average molecular weight is 445 g/mol. The van der Waals surface area contributed by atoms with E-state index in [9.17, 15) is 4.79 Å². The van der Waals surface area contributed by atoms with E-state index in [-0.39, 0.29) is 17.9 Å². The molecule has 3 aromatic rings. The monoisotopic (exact) mass is 444 g/mol. The second kappa shape index (κ2) is 10.1. The molecule has 0 atom stereocenters. The number of piperazine rings is 1. The van der Waals surface area contributed by atoms with Gasteiger partial charge in [-0.3, -0.25) is 4.79 Å². The molecule has 0 unspecified atom stereocenters. The van der Waals surface area contributed by atoms with Crippen LogP contribution in [0.5, 0.6) is 0 Å². The SMILES string of the molecule is CC(C)(C)c1ccc(-c2ccnc(N3CCN(C(=O)COCc4ccccc4)CC3)n2)cc1. The lowest BCUT2D eigenvalue weighted by atomic mass is 9.86. The summed E-state index contributed by atoms with van der Waals surface area (Å²) in [5, 5.41) is 0. The molecule has 4 rings (SSSR count). The van der Waals surface area contributed by atoms with E-state index in [1.165, 1.54) is 5.56 Å². The van der Waals surface area contributed by atoms with Crippen molar-refractivity contribution in [2.45, 2.75) is 32.8 Å². The zero-order chi connectivity index (χ0) is 23.3. The molecule has 1 aliphatic heterocycles. The molecule has 2 aromatic carbocycles. The van der Waals surface area contributed by atoms with Crippen LogP contribution in [-0.4, -0.2) is 53.6 Å². The Balaban J connectivity index is 1.31. The Morgan fingerprint density at radius 2 is 1.64 bits per heavy atom. The zero-order valence-corrected chi connectivity index (χ0v) is 19.7. The van der Waals surface area contributed by atoms with Gasteiger partial charge in [-0.2, -0.15) is 0 Å². The molecule has 1 aromatic heterocycles. The third-order valence-electron chi connectivity index (χ3n) is 5.94. The predicted octanol–water partition coefficient (Wildman–Crippen LogP) is 4.31. The molecule has 6 nitrogen and oxygen atoms in total. The van der Waals surface area contributed by atoms with Crippen LogP contribution in [0.1, 0.15) is 31.9 Å². The number of carbonyl (C=O) groups is 1. The van der Waals surface area contributed by atoms with Crippen molar-refractivity contribution in [1.82, 2.24) is 14.9 Å². The van der Waals surface area contributed by atoms with Gasteiger partial charge in [0.1, 0.15) is 6.61 Å². The summed E-state index contributed by atoms with van der Waals surface area (Å²) in [4.78, 5) is 25.8. The highest BCUT2D eigenvalue weighted by molar-refractivity contribution is 5.77. The van der Waals surface area contributed by atoms with Gasteiger partial charge in [0.25, 0.3) is 0 Å². The summed E-state index contributed by atoms with van der Waals surface area (Å²) in [6.45, 7) is 9.88. The van der Waals surface area contributed by atoms with Crippen LogP contribution in [0.25, 0.3) is 11.3 Å². The summed E-state index contributed by atoms with van der Waals surface area (Å²) >= 11 is 0. The number of rotatable bonds is 6. The van der Waals surface area contributed by atoms with E-state index < -0.39 is 0 Å². The molecule has 0 bridgehead atoms. The van der Waals surface area contributed by atoms with Gasteiger partial charge in [-0.25, -0.2) is 9.97 Å². The normalized spacial score (nSPS) is 14.4. The molecule has 2 heterocycles. The fourth-order valence-corrected chi connectivity index (χ4v) is 3.88. The first-order valence-electron chi connectivity index (χ1n) is 11.5. The van der Waals surface area contributed by atoms with Gasteiger partial charge in [-0.05, 0) is 22.6 Å². The number of carbonyl (C=O) groups excluding carboxylic acids is 1. The summed E-state index contributed by atoms with van der Waals surface area (Å²) in [6.07, 6.45) is 1.81. The number of hydrogen-bond acceptors (Lipinski definition) is 5. The van der Waals surface area contributed by atoms with Crippen LogP contribution in [0, 0.1) is 0 Å². The number of benzene rings is 2. The quantitative estimate of drug-likeness (QED) is 0.567. The smallest absolute Gasteiger partial charge is 0.248 e. The van der Waals surface area contributed by atoms with Crippen LogP contribution in [0.15, 0.2) is 66.9 Å². The Kier molecular flexibility index (Phi) is 7.04. The van der Waals surface area contributed by atoms with Crippen LogP contribution < -0.4 is 4.90 Å². The first-order valence-corrected chi connectivity index (χ1v) is 11.5. The van der Waals surface area contributed by atoms with Crippen LogP contribution in [-0.2, 0) is 21.6 Å². The van der Waals surface area contributed by atoms with Crippen LogP contribution in [0.2, 0.25) is 0 Å². The molecule has 1 aliphatic rings. The predicted molar refractivity (Wildman–Crippen MR) is 131 cm³/mol. The second-order valence-electron chi connectivity index (χ2n) is 9.42. The standard InChI is InChI=1S/C27H32N4O2/c1-27(2,3)23-11-9-22(10-12-23)24-13-14-28-26(29-24)31-17-15-30(16-18-31)25(32)20-33-19-21-7-5-4-6-8-21/h4-14H,15-20H2,1-3H3. The van der Waals surface area contributed by atoms with Gasteiger partial charge in [0, 0.05) is 37.9 Å².